The van der Waals surface area contributed by atoms with Gasteiger partial charge in [-0.1, -0.05) is 0 Å². The molecular weight excluding hydrogens is 144 g/mol. The third-order valence-electron chi connectivity index (χ3n) is 2.32. The molecule has 61 valence electrons. The van der Waals surface area contributed by atoms with Crippen molar-refractivity contribution >= 4 is 6.09 Å². The summed E-state index contributed by atoms with van der Waals surface area (Å²) in [5.74, 6) is 0. The topological polar surface area (TPSA) is 52.4 Å². The summed E-state index contributed by atoms with van der Waals surface area (Å²) < 4.78 is 5.18. The van der Waals surface area contributed by atoms with Gasteiger partial charge in [-0.25, -0.2) is 10.1 Å². The minimum absolute atomic E-state index is 0.209. The van der Waals surface area contributed by atoms with E-state index in [0.717, 1.165) is 25.9 Å². The van der Waals surface area contributed by atoms with Crippen molar-refractivity contribution in [2.75, 3.05) is 19.6 Å². The average Bonchev–Trinajstić information content (AvgIpc) is 2.34. The molecule has 2 heterocycles. The van der Waals surface area contributed by atoms with Crippen molar-refractivity contribution in [2.45, 2.75) is 18.4 Å². The molecule has 1 N–H and O–H groups in total. The van der Waals surface area contributed by atoms with Crippen LogP contribution in [0.25, 0.3) is 0 Å². The van der Waals surface area contributed by atoms with Crippen molar-refractivity contribution in [3.8, 4) is 0 Å². The third-order valence-corrected chi connectivity index (χ3v) is 2.32. The Kier molecular flexibility index (Phi) is 1.49. The van der Waals surface area contributed by atoms with E-state index < -0.39 is 0 Å². The highest BCUT2D eigenvalue weighted by molar-refractivity contribution is 5.70. The molecular formula is C7H11N2O2. The third kappa shape index (κ3) is 1.18. The molecule has 2 aliphatic heterocycles. The fraction of sp³-hybridized carbons (Fsp3) is 0.857. The first-order valence-corrected chi connectivity index (χ1v) is 3.91. The lowest BCUT2D eigenvalue weighted by atomic mass is 9.93. The van der Waals surface area contributed by atoms with Crippen molar-refractivity contribution in [1.29, 1.82) is 0 Å². The Labute approximate surface area is 65.3 Å². The van der Waals surface area contributed by atoms with Crippen LogP contribution < -0.4 is 10.6 Å². The second-order valence-corrected chi connectivity index (χ2v) is 3.10. The molecule has 0 aromatic rings. The predicted molar refractivity (Wildman–Crippen MR) is 38.3 cm³/mol. The molecule has 0 aliphatic carbocycles. The number of amides is 1. The first kappa shape index (κ1) is 6.91. The number of nitrogens with zero attached hydrogens (tertiary/aromatic N) is 1. The molecule has 2 saturated heterocycles. The number of carbonyl (C=O) groups is 1. The standard InChI is InChI=1S/C7H11N2O2/c10-6-9-5-7(11-6)1-3-8-4-2-7/h1-5H2,(H,9,10). The quantitative estimate of drug-likeness (QED) is 0.529. The SMILES string of the molecule is O=C1NCC2(CC[N]CC2)O1. The van der Waals surface area contributed by atoms with Gasteiger partial charge in [0, 0.05) is 25.9 Å². The van der Waals surface area contributed by atoms with Gasteiger partial charge in [0.05, 0.1) is 6.54 Å². The van der Waals surface area contributed by atoms with Gasteiger partial charge in [-0.15, -0.1) is 0 Å². The van der Waals surface area contributed by atoms with Crippen molar-refractivity contribution in [3.63, 3.8) is 0 Å². The fourth-order valence-corrected chi connectivity index (χ4v) is 1.58. The first-order valence-electron chi connectivity index (χ1n) is 3.91. The number of rotatable bonds is 0. The lowest BCUT2D eigenvalue weighted by Gasteiger charge is -2.29. The molecule has 1 radical (unpaired) electrons. The normalized spacial score (nSPS) is 28.2. The van der Waals surface area contributed by atoms with Gasteiger partial charge in [-0.3, -0.25) is 0 Å². The Bertz CT molecular complexity index is 175. The summed E-state index contributed by atoms with van der Waals surface area (Å²) in [4.78, 5) is 10.8. The molecule has 1 spiro atoms. The highest BCUT2D eigenvalue weighted by Gasteiger charge is 2.41. The van der Waals surface area contributed by atoms with E-state index in [9.17, 15) is 4.79 Å². The van der Waals surface area contributed by atoms with Crippen molar-refractivity contribution in [3.05, 3.63) is 0 Å². The van der Waals surface area contributed by atoms with Gasteiger partial charge in [0.2, 0.25) is 0 Å². The molecule has 2 fully saturated rings. The van der Waals surface area contributed by atoms with Gasteiger partial charge >= 0.3 is 6.09 Å². The number of hydrogen-bond donors (Lipinski definition) is 1. The minimum Gasteiger partial charge on any atom is -0.441 e. The highest BCUT2D eigenvalue weighted by Crippen LogP contribution is 2.26. The van der Waals surface area contributed by atoms with Crippen LogP contribution in [0.2, 0.25) is 0 Å². The number of nitrogens with one attached hydrogen (secondary N) is 1. The monoisotopic (exact) mass is 155 g/mol. The van der Waals surface area contributed by atoms with Crippen LogP contribution in [0.4, 0.5) is 4.79 Å². The zero-order valence-electron chi connectivity index (χ0n) is 6.30. The van der Waals surface area contributed by atoms with Gasteiger partial charge in [0.15, 0.2) is 0 Å². The van der Waals surface area contributed by atoms with Crippen LogP contribution >= 0.6 is 0 Å². The Morgan fingerprint density at radius 1 is 1.45 bits per heavy atom. The van der Waals surface area contributed by atoms with Gasteiger partial charge in [0.1, 0.15) is 5.60 Å². The Morgan fingerprint density at radius 3 is 2.73 bits per heavy atom. The highest BCUT2D eigenvalue weighted by atomic mass is 16.6. The van der Waals surface area contributed by atoms with Crippen LogP contribution in [0.3, 0.4) is 0 Å². The van der Waals surface area contributed by atoms with Crippen LogP contribution in [0.15, 0.2) is 0 Å². The maximum absolute atomic E-state index is 10.8. The second-order valence-electron chi connectivity index (χ2n) is 3.10. The molecule has 11 heavy (non-hydrogen) atoms. The smallest absolute Gasteiger partial charge is 0.407 e. The Hall–Kier alpha value is -0.770. The zero-order chi connectivity index (χ0) is 7.73. The summed E-state index contributed by atoms with van der Waals surface area (Å²) in [5.41, 5.74) is -0.209. The lowest BCUT2D eigenvalue weighted by molar-refractivity contribution is 0.0309. The van der Waals surface area contributed by atoms with E-state index in [0.29, 0.717) is 6.54 Å². The molecule has 0 bridgehead atoms. The maximum atomic E-state index is 10.8. The number of carbonyl (C=O) groups excluding carboxylic acids is 1. The van der Waals surface area contributed by atoms with Gasteiger partial charge in [-0.05, 0) is 0 Å². The van der Waals surface area contributed by atoms with E-state index in [1.807, 2.05) is 0 Å². The molecule has 0 saturated carbocycles. The Balaban J connectivity index is 2.03. The van der Waals surface area contributed by atoms with E-state index in [4.69, 9.17) is 4.74 Å². The number of hydrogen-bond acceptors (Lipinski definition) is 2. The maximum Gasteiger partial charge on any atom is 0.407 e. The summed E-state index contributed by atoms with van der Waals surface area (Å²) in [7, 11) is 0. The molecule has 0 aromatic heterocycles. The number of piperidine rings is 1. The second kappa shape index (κ2) is 2.37. The summed E-state index contributed by atoms with van der Waals surface area (Å²) in [6.07, 6.45) is 1.49. The molecule has 2 aliphatic rings. The van der Waals surface area contributed by atoms with Crippen LogP contribution in [-0.4, -0.2) is 31.3 Å². The van der Waals surface area contributed by atoms with E-state index in [1.165, 1.54) is 0 Å². The zero-order valence-corrected chi connectivity index (χ0v) is 6.30. The minimum atomic E-state index is -0.271. The van der Waals surface area contributed by atoms with E-state index >= 15 is 0 Å². The molecule has 1 amide bonds. The summed E-state index contributed by atoms with van der Waals surface area (Å²) in [6, 6.07) is 0. The van der Waals surface area contributed by atoms with Gasteiger partial charge < -0.3 is 10.1 Å². The average molecular weight is 155 g/mol. The van der Waals surface area contributed by atoms with Crippen LogP contribution in [0, 0.1) is 0 Å². The largest absolute Gasteiger partial charge is 0.441 e. The van der Waals surface area contributed by atoms with Crippen LogP contribution in [0.5, 0.6) is 0 Å². The first-order chi connectivity index (χ1) is 5.31. The molecule has 0 unspecified atom stereocenters. The van der Waals surface area contributed by atoms with E-state index in [2.05, 4.69) is 10.6 Å². The molecule has 0 atom stereocenters. The summed E-state index contributed by atoms with van der Waals surface area (Å²) in [6.45, 7) is 2.32. The van der Waals surface area contributed by atoms with Crippen LogP contribution in [0.1, 0.15) is 12.8 Å². The summed E-state index contributed by atoms with van der Waals surface area (Å²) in [5, 5.41) is 6.88. The lowest BCUT2D eigenvalue weighted by Crippen LogP contribution is -2.42. The van der Waals surface area contributed by atoms with Gasteiger partial charge in [-0.2, -0.15) is 0 Å². The Morgan fingerprint density at radius 2 is 2.18 bits per heavy atom. The molecule has 4 nitrogen and oxygen atoms in total. The van der Waals surface area contributed by atoms with Crippen molar-refractivity contribution in [1.82, 2.24) is 10.6 Å². The van der Waals surface area contributed by atoms with Crippen LogP contribution in [-0.2, 0) is 4.74 Å². The molecule has 2 rings (SSSR count). The van der Waals surface area contributed by atoms with E-state index in [1.54, 1.807) is 0 Å². The van der Waals surface area contributed by atoms with Gasteiger partial charge in [0.25, 0.3) is 0 Å². The van der Waals surface area contributed by atoms with Crippen molar-refractivity contribution in [2.24, 2.45) is 0 Å². The summed E-state index contributed by atoms with van der Waals surface area (Å²) >= 11 is 0. The van der Waals surface area contributed by atoms with Crippen molar-refractivity contribution < 1.29 is 9.53 Å². The molecule has 0 aromatic carbocycles. The predicted octanol–water partition coefficient (Wildman–Crippen LogP) is -0.137. The number of ether oxygens (including phenoxy) is 1. The number of alkyl carbamates (subject to hydrolysis) is 1. The molecule has 4 heteroatoms. The van der Waals surface area contributed by atoms with E-state index in [-0.39, 0.29) is 11.7 Å². The fourth-order valence-electron chi connectivity index (χ4n) is 1.58.